The number of Topliss-reactive ketones (excluding diaryl/α,β-unsaturated/α-hetero) is 1. The number of benzene rings is 3. The van der Waals surface area contributed by atoms with Gasteiger partial charge in [0.05, 0.1) is 12.5 Å². The zero-order valence-electron chi connectivity index (χ0n) is 20.6. The van der Waals surface area contributed by atoms with Crippen LogP contribution in [0.15, 0.2) is 71.1 Å². The van der Waals surface area contributed by atoms with Crippen molar-refractivity contribution in [3.63, 3.8) is 0 Å². The molecule has 184 valence electrons. The number of hydrogen-bond donors (Lipinski definition) is 1. The van der Waals surface area contributed by atoms with Crippen LogP contribution in [0.5, 0.6) is 0 Å². The lowest BCUT2D eigenvalue weighted by molar-refractivity contribution is -0.150. The zero-order valence-corrected chi connectivity index (χ0v) is 20.6. The summed E-state index contributed by atoms with van der Waals surface area (Å²) in [4.78, 5) is 30.1. The van der Waals surface area contributed by atoms with Crippen LogP contribution < -0.4 is 5.32 Å². The number of fused-ring (bicyclic) bond motifs is 1. The highest BCUT2D eigenvalue weighted by molar-refractivity contribution is 6.00. The second-order valence-electron chi connectivity index (χ2n) is 9.38. The van der Waals surface area contributed by atoms with E-state index in [-0.39, 0.29) is 23.6 Å². The van der Waals surface area contributed by atoms with Crippen molar-refractivity contribution in [2.24, 2.45) is 11.8 Å². The Balaban J connectivity index is 1.27. The van der Waals surface area contributed by atoms with Crippen LogP contribution in [0, 0.1) is 18.8 Å². The molecule has 1 heterocycles. The molecule has 0 bridgehead atoms. The van der Waals surface area contributed by atoms with Crippen molar-refractivity contribution in [3.05, 3.63) is 77.9 Å². The third-order valence-electron chi connectivity index (χ3n) is 6.87. The van der Waals surface area contributed by atoms with E-state index in [0.717, 1.165) is 59.2 Å². The SMILES string of the molecule is CCOC(=O)C1CCCCC1C(=O)c1ccc(-c2ccc(Nc3nc4cc(C)ccc4o3)cc2)cc1. The second kappa shape index (κ2) is 10.4. The number of ketones is 1. The summed E-state index contributed by atoms with van der Waals surface area (Å²) in [5, 5.41) is 3.21. The lowest BCUT2D eigenvalue weighted by Crippen LogP contribution is -2.34. The molecule has 3 aromatic carbocycles. The van der Waals surface area contributed by atoms with Gasteiger partial charge < -0.3 is 14.5 Å². The number of hydrogen-bond acceptors (Lipinski definition) is 6. The molecular weight excluding hydrogens is 452 g/mol. The van der Waals surface area contributed by atoms with E-state index in [1.54, 1.807) is 6.92 Å². The quantitative estimate of drug-likeness (QED) is 0.223. The number of nitrogens with one attached hydrogen (secondary N) is 1. The minimum atomic E-state index is -0.337. The topological polar surface area (TPSA) is 81.4 Å². The van der Waals surface area contributed by atoms with Gasteiger partial charge >= 0.3 is 5.97 Å². The van der Waals surface area contributed by atoms with Crippen LogP contribution in [0.2, 0.25) is 0 Å². The van der Waals surface area contributed by atoms with Crippen molar-refractivity contribution in [1.82, 2.24) is 4.98 Å². The second-order valence-corrected chi connectivity index (χ2v) is 9.38. The summed E-state index contributed by atoms with van der Waals surface area (Å²) in [6.45, 7) is 4.17. The minimum absolute atomic E-state index is 0.0346. The summed E-state index contributed by atoms with van der Waals surface area (Å²) in [6, 6.07) is 22.0. The first-order valence-corrected chi connectivity index (χ1v) is 12.6. The molecule has 1 aromatic heterocycles. The highest BCUT2D eigenvalue weighted by Crippen LogP contribution is 2.34. The number of anilines is 2. The van der Waals surface area contributed by atoms with Gasteiger partial charge in [0, 0.05) is 17.2 Å². The van der Waals surface area contributed by atoms with E-state index in [9.17, 15) is 9.59 Å². The molecule has 1 fully saturated rings. The van der Waals surface area contributed by atoms with Gasteiger partial charge in [-0.15, -0.1) is 0 Å². The summed E-state index contributed by atoms with van der Waals surface area (Å²) in [5.74, 6) is -0.845. The number of oxazole rings is 1. The predicted octanol–water partition coefficient (Wildman–Crippen LogP) is 7.10. The average molecular weight is 483 g/mol. The van der Waals surface area contributed by atoms with Gasteiger partial charge in [-0.25, -0.2) is 0 Å². The highest BCUT2D eigenvalue weighted by atomic mass is 16.5. The summed E-state index contributed by atoms with van der Waals surface area (Å²) >= 11 is 0. The molecule has 0 radical (unpaired) electrons. The van der Waals surface area contributed by atoms with Crippen molar-refractivity contribution in [2.45, 2.75) is 39.5 Å². The largest absolute Gasteiger partial charge is 0.466 e. The number of nitrogens with zero attached hydrogens (tertiary/aromatic N) is 1. The molecule has 1 aliphatic carbocycles. The number of esters is 1. The van der Waals surface area contributed by atoms with Gasteiger partial charge in [-0.3, -0.25) is 9.59 Å². The molecule has 5 rings (SSSR count). The number of aromatic nitrogens is 1. The molecule has 0 saturated heterocycles. The van der Waals surface area contributed by atoms with E-state index >= 15 is 0 Å². The van der Waals surface area contributed by atoms with Crippen molar-refractivity contribution in [3.8, 4) is 11.1 Å². The van der Waals surface area contributed by atoms with E-state index in [1.165, 1.54) is 0 Å². The van der Waals surface area contributed by atoms with E-state index in [4.69, 9.17) is 9.15 Å². The smallest absolute Gasteiger partial charge is 0.309 e. The van der Waals surface area contributed by atoms with Gasteiger partial charge in [0.1, 0.15) is 5.52 Å². The minimum Gasteiger partial charge on any atom is -0.466 e. The Bertz CT molecular complexity index is 1370. The first-order valence-electron chi connectivity index (χ1n) is 12.6. The van der Waals surface area contributed by atoms with Crippen LogP contribution in [0.3, 0.4) is 0 Å². The molecule has 6 heteroatoms. The molecule has 0 amide bonds. The first-order chi connectivity index (χ1) is 17.5. The van der Waals surface area contributed by atoms with Crippen molar-refractivity contribution < 1.29 is 18.7 Å². The van der Waals surface area contributed by atoms with Gasteiger partial charge in [0.25, 0.3) is 6.01 Å². The summed E-state index contributed by atoms with van der Waals surface area (Å²) in [7, 11) is 0. The van der Waals surface area contributed by atoms with Crippen LogP contribution in [0.25, 0.3) is 22.2 Å². The molecular formula is C30H30N2O4. The van der Waals surface area contributed by atoms with Crippen LogP contribution >= 0.6 is 0 Å². The molecule has 1 N–H and O–H groups in total. The first kappa shape index (κ1) is 23.8. The van der Waals surface area contributed by atoms with Crippen LogP contribution in [0.1, 0.15) is 48.5 Å². The van der Waals surface area contributed by atoms with Crippen LogP contribution in [-0.4, -0.2) is 23.3 Å². The molecule has 0 spiro atoms. The maximum atomic E-state index is 13.2. The molecule has 1 saturated carbocycles. The Morgan fingerprint density at radius 3 is 2.31 bits per heavy atom. The molecule has 0 aliphatic heterocycles. The van der Waals surface area contributed by atoms with E-state index < -0.39 is 0 Å². The standard InChI is InChI=1S/C30H30N2O4/c1-3-35-29(34)25-7-5-4-6-24(25)28(33)22-11-9-20(10-12-22)21-13-15-23(16-14-21)31-30-32-26-18-19(2)8-17-27(26)36-30/h8-18,24-25H,3-7H2,1-2H3,(H,31,32). The van der Waals surface area contributed by atoms with Gasteiger partial charge in [-0.1, -0.05) is 55.3 Å². The van der Waals surface area contributed by atoms with Gasteiger partial charge in [-0.05, 0) is 67.6 Å². The fourth-order valence-electron chi connectivity index (χ4n) is 4.98. The molecule has 36 heavy (non-hydrogen) atoms. The van der Waals surface area contributed by atoms with Crippen molar-refractivity contribution in [1.29, 1.82) is 0 Å². The summed E-state index contributed by atoms with van der Waals surface area (Å²) < 4.78 is 11.0. The predicted molar refractivity (Wildman–Crippen MR) is 140 cm³/mol. The lowest BCUT2D eigenvalue weighted by atomic mass is 9.75. The van der Waals surface area contributed by atoms with Crippen molar-refractivity contribution in [2.75, 3.05) is 11.9 Å². The molecule has 6 nitrogen and oxygen atoms in total. The molecule has 4 aromatic rings. The fraction of sp³-hybridized carbons (Fsp3) is 0.300. The average Bonchev–Trinajstić information content (AvgIpc) is 3.30. The van der Waals surface area contributed by atoms with Gasteiger partial charge in [-0.2, -0.15) is 4.98 Å². The Morgan fingerprint density at radius 2 is 1.61 bits per heavy atom. The third-order valence-corrected chi connectivity index (χ3v) is 6.87. The number of carbonyl (C=O) groups excluding carboxylic acids is 2. The third kappa shape index (κ3) is 5.03. The normalized spacial score (nSPS) is 17.6. The van der Waals surface area contributed by atoms with E-state index in [2.05, 4.69) is 10.3 Å². The lowest BCUT2D eigenvalue weighted by Gasteiger charge is -2.28. The number of aryl methyl sites for hydroxylation is 1. The molecule has 1 aliphatic rings. The van der Waals surface area contributed by atoms with Crippen LogP contribution in [-0.2, 0) is 9.53 Å². The Labute approximate surface area is 210 Å². The molecule has 2 unspecified atom stereocenters. The fourth-order valence-corrected chi connectivity index (χ4v) is 4.98. The zero-order chi connectivity index (χ0) is 25.1. The summed E-state index contributed by atoms with van der Waals surface area (Å²) in [6.07, 6.45) is 3.38. The number of carbonyl (C=O) groups is 2. The van der Waals surface area contributed by atoms with E-state index in [0.29, 0.717) is 18.2 Å². The maximum Gasteiger partial charge on any atom is 0.309 e. The van der Waals surface area contributed by atoms with Crippen molar-refractivity contribution >= 4 is 34.6 Å². The van der Waals surface area contributed by atoms with Gasteiger partial charge in [0.15, 0.2) is 11.4 Å². The Kier molecular flexibility index (Phi) is 6.85. The summed E-state index contributed by atoms with van der Waals surface area (Å²) in [5.41, 5.74) is 6.27. The Morgan fingerprint density at radius 1 is 0.944 bits per heavy atom. The maximum absolute atomic E-state index is 13.2. The van der Waals surface area contributed by atoms with E-state index in [1.807, 2.05) is 73.7 Å². The monoisotopic (exact) mass is 482 g/mol. The highest BCUT2D eigenvalue weighted by Gasteiger charge is 2.36. The molecule has 2 atom stereocenters. The Hall–Kier alpha value is -3.93. The number of ether oxygens (including phenoxy) is 1. The number of rotatable bonds is 7. The van der Waals surface area contributed by atoms with Gasteiger partial charge in [0.2, 0.25) is 0 Å². The van der Waals surface area contributed by atoms with Crippen LogP contribution in [0.4, 0.5) is 11.7 Å².